The van der Waals surface area contributed by atoms with Crippen LogP contribution in [0.15, 0.2) is 30.5 Å². The summed E-state index contributed by atoms with van der Waals surface area (Å²) in [6.45, 7) is 2.90. The van der Waals surface area contributed by atoms with Crippen LogP contribution in [0.3, 0.4) is 0 Å². The molecule has 0 radical (unpaired) electrons. The van der Waals surface area contributed by atoms with Gasteiger partial charge in [0.05, 0.1) is 11.2 Å². The van der Waals surface area contributed by atoms with E-state index < -0.39 is 0 Å². The molecule has 1 atom stereocenters. The number of anilines is 2. The normalized spacial score (nSPS) is 12.6. The minimum absolute atomic E-state index is 0.179. The van der Waals surface area contributed by atoms with Crippen LogP contribution in [0.25, 0.3) is 10.9 Å². The standard InChI is InChI=1S/C13H17N3O/c1-9(8-17)7-16-12-5-6-15-13-10(12)3-2-4-11(13)14/h2-6,9,17H,7-8,14H2,1H3,(H,15,16). The van der Waals surface area contributed by atoms with Gasteiger partial charge in [-0.2, -0.15) is 0 Å². The number of fused-ring (bicyclic) bond motifs is 1. The monoisotopic (exact) mass is 231 g/mol. The van der Waals surface area contributed by atoms with Gasteiger partial charge in [0.15, 0.2) is 0 Å². The van der Waals surface area contributed by atoms with Gasteiger partial charge in [-0.3, -0.25) is 4.98 Å². The third kappa shape index (κ3) is 2.47. The van der Waals surface area contributed by atoms with E-state index in [1.54, 1.807) is 6.20 Å². The van der Waals surface area contributed by atoms with Crippen LogP contribution >= 0.6 is 0 Å². The van der Waals surface area contributed by atoms with Gasteiger partial charge in [0.1, 0.15) is 0 Å². The molecule has 2 aromatic rings. The first-order valence-electron chi connectivity index (χ1n) is 5.70. The Balaban J connectivity index is 2.31. The molecule has 0 saturated heterocycles. The van der Waals surface area contributed by atoms with E-state index >= 15 is 0 Å². The van der Waals surface area contributed by atoms with E-state index in [-0.39, 0.29) is 12.5 Å². The second kappa shape index (κ2) is 5.01. The first-order valence-corrected chi connectivity index (χ1v) is 5.70. The number of aliphatic hydroxyl groups excluding tert-OH is 1. The summed E-state index contributed by atoms with van der Waals surface area (Å²) in [5, 5.41) is 13.3. The topological polar surface area (TPSA) is 71.2 Å². The van der Waals surface area contributed by atoms with E-state index in [9.17, 15) is 0 Å². The molecule has 2 rings (SSSR count). The SMILES string of the molecule is CC(CO)CNc1ccnc2c(N)cccc12. The van der Waals surface area contributed by atoms with Gasteiger partial charge in [-0.25, -0.2) is 0 Å². The predicted molar refractivity (Wildman–Crippen MR) is 70.9 cm³/mol. The average Bonchev–Trinajstić information content (AvgIpc) is 2.36. The Bertz CT molecular complexity index is 513. The number of hydrogen-bond acceptors (Lipinski definition) is 4. The van der Waals surface area contributed by atoms with Crippen molar-refractivity contribution in [3.63, 3.8) is 0 Å². The number of nitrogens with one attached hydrogen (secondary N) is 1. The molecule has 1 aromatic heterocycles. The molecule has 1 unspecified atom stereocenters. The molecule has 0 saturated carbocycles. The van der Waals surface area contributed by atoms with Gasteiger partial charge in [-0.1, -0.05) is 19.1 Å². The summed E-state index contributed by atoms with van der Waals surface area (Å²) in [7, 11) is 0. The van der Waals surface area contributed by atoms with Crippen LogP contribution in [-0.2, 0) is 0 Å². The maximum atomic E-state index is 9.00. The summed E-state index contributed by atoms with van der Waals surface area (Å²) in [6, 6.07) is 7.67. The molecule has 1 heterocycles. The van der Waals surface area contributed by atoms with E-state index in [0.29, 0.717) is 5.69 Å². The second-order valence-electron chi connectivity index (χ2n) is 4.27. The van der Waals surface area contributed by atoms with Crippen LogP contribution in [-0.4, -0.2) is 23.2 Å². The minimum Gasteiger partial charge on any atom is -0.397 e. The number of benzene rings is 1. The van der Waals surface area contributed by atoms with Gasteiger partial charge in [0.2, 0.25) is 0 Å². The van der Waals surface area contributed by atoms with Crippen molar-refractivity contribution in [2.24, 2.45) is 5.92 Å². The fourth-order valence-electron chi connectivity index (χ4n) is 1.70. The molecule has 0 spiro atoms. The van der Waals surface area contributed by atoms with Crippen LogP contribution in [0, 0.1) is 5.92 Å². The van der Waals surface area contributed by atoms with E-state index in [1.165, 1.54) is 0 Å². The number of pyridine rings is 1. The average molecular weight is 231 g/mol. The lowest BCUT2D eigenvalue weighted by atomic mass is 10.1. The third-order valence-electron chi connectivity index (χ3n) is 2.75. The number of para-hydroxylation sites is 1. The highest BCUT2D eigenvalue weighted by atomic mass is 16.3. The van der Waals surface area contributed by atoms with Crippen molar-refractivity contribution in [3.8, 4) is 0 Å². The lowest BCUT2D eigenvalue weighted by molar-refractivity contribution is 0.244. The second-order valence-corrected chi connectivity index (χ2v) is 4.27. The number of nitrogens with two attached hydrogens (primary N) is 1. The van der Waals surface area contributed by atoms with Gasteiger partial charge in [0, 0.05) is 30.4 Å². The van der Waals surface area contributed by atoms with E-state index in [1.807, 2.05) is 31.2 Å². The zero-order valence-corrected chi connectivity index (χ0v) is 9.85. The van der Waals surface area contributed by atoms with Gasteiger partial charge in [-0.15, -0.1) is 0 Å². The maximum Gasteiger partial charge on any atom is 0.0951 e. The highest BCUT2D eigenvalue weighted by molar-refractivity contribution is 5.97. The van der Waals surface area contributed by atoms with Crippen LogP contribution in [0.2, 0.25) is 0 Å². The van der Waals surface area contributed by atoms with Crippen molar-refractivity contribution in [2.75, 3.05) is 24.2 Å². The van der Waals surface area contributed by atoms with Crippen molar-refractivity contribution in [3.05, 3.63) is 30.5 Å². The molecule has 1 aromatic carbocycles. The molecule has 0 aliphatic heterocycles. The Labute approximate surface area is 100 Å². The Morgan fingerprint density at radius 3 is 3.00 bits per heavy atom. The van der Waals surface area contributed by atoms with Crippen molar-refractivity contribution in [2.45, 2.75) is 6.92 Å². The fourth-order valence-corrected chi connectivity index (χ4v) is 1.70. The highest BCUT2D eigenvalue weighted by Crippen LogP contribution is 2.25. The molecule has 17 heavy (non-hydrogen) atoms. The zero-order valence-electron chi connectivity index (χ0n) is 9.85. The Kier molecular flexibility index (Phi) is 3.44. The Morgan fingerprint density at radius 2 is 2.24 bits per heavy atom. The molecule has 4 nitrogen and oxygen atoms in total. The molecule has 4 heteroatoms. The van der Waals surface area contributed by atoms with Crippen LogP contribution in [0.4, 0.5) is 11.4 Å². The molecule has 90 valence electrons. The van der Waals surface area contributed by atoms with Crippen molar-refractivity contribution in [1.82, 2.24) is 4.98 Å². The third-order valence-corrected chi connectivity index (χ3v) is 2.75. The number of hydrogen-bond donors (Lipinski definition) is 3. The summed E-state index contributed by atoms with van der Waals surface area (Å²) in [5.74, 6) is 0.222. The molecule has 0 aliphatic carbocycles. The summed E-state index contributed by atoms with van der Waals surface area (Å²) in [4.78, 5) is 4.27. The Morgan fingerprint density at radius 1 is 1.41 bits per heavy atom. The van der Waals surface area contributed by atoms with Gasteiger partial charge in [-0.05, 0) is 18.1 Å². The van der Waals surface area contributed by atoms with Crippen LogP contribution in [0.1, 0.15) is 6.92 Å². The molecule has 0 aliphatic rings. The summed E-state index contributed by atoms with van der Waals surface area (Å²) >= 11 is 0. The maximum absolute atomic E-state index is 9.00. The molecule has 0 fully saturated rings. The van der Waals surface area contributed by atoms with Crippen LogP contribution < -0.4 is 11.1 Å². The van der Waals surface area contributed by atoms with Crippen molar-refractivity contribution in [1.29, 1.82) is 0 Å². The molecular formula is C13H17N3O. The van der Waals surface area contributed by atoms with E-state index in [4.69, 9.17) is 10.8 Å². The molecule has 0 bridgehead atoms. The van der Waals surface area contributed by atoms with Crippen molar-refractivity contribution >= 4 is 22.3 Å². The van der Waals surface area contributed by atoms with E-state index in [2.05, 4.69) is 10.3 Å². The lowest BCUT2D eigenvalue weighted by Gasteiger charge is -2.13. The van der Waals surface area contributed by atoms with Gasteiger partial charge in [0.25, 0.3) is 0 Å². The molecular weight excluding hydrogens is 214 g/mol. The molecule has 4 N–H and O–H groups in total. The first kappa shape index (κ1) is 11.7. The summed E-state index contributed by atoms with van der Waals surface area (Å²) < 4.78 is 0. The molecule has 0 amide bonds. The largest absolute Gasteiger partial charge is 0.397 e. The fraction of sp³-hybridized carbons (Fsp3) is 0.308. The smallest absolute Gasteiger partial charge is 0.0951 e. The predicted octanol–water partition coefficient (Wildman–Crippen LogP) is 1.86. The summed E-state index contributed by atoms with van der Waals surface area (Å²) in [5.41, 5.74) is 8.38. The number of nitrogens with zero attached hydrogens (tertiary/aromatic N) is 1. The van der Waals surface area contributed by atoms with Crippen molar-refractivity contribution < 1.29 is 5.11 Å². The minimum atomic E-state index is 0.179. The zero-order chi connectivity index (χ0) is 12.3. The Hall–Kier alpha value is -1.81. The lowest BCUT2D eigenvalue weighted by Crippen LogP contribution is -2.14. The number of rotatable bonds is 4. The van der Waals surface area contributed by atoms with Gasteiger partial charge < -0.3 is 16.2 Å². The number of aliphatic hydroxyl groups is 1. The van der Waals surface area contributed by atoms with Gasteiger partial charge >= 0.3 is 0 Å². The number of aromatic nitrogens is 1. The van der Waals surface area contributed by atoms with Crippen LogP contribution in [0.5, 0.6) is 0 Å². The van der Waals surface area contributed by atoms with E-state index in [0.717, 1.165) is 23.1 Å². The first-order chi connectivity index (χ1) is 8.22. The highest BCUT2D eigenvalue weighted by Gasteiger charge is 2.05. The summed E-state index contributed by atoms with van der Waals surface area (Å²) in [6.07, 6.45) is 1.74. The quantitative estimate of drug-likeness (QED) is 0.702. The number of nitrogen functional groups attached to an aromatic ring is 1.